The van der Waals surface area contributed by atoms with Crippen molar-refractivity contribution in [2.45, 2.75) is 24.9 Å². The molecule has 0 aliphatic heterocycles. The van der Waals surface area contributed by atoms with Gasteiger partial charge in [-0.15, -0.1) is 0 Å². The highest BCUT2D eigenvalue weighted by molar-refractivity contribution is 6.22. The topological polar surface area (TPSA) is 161 Å². The molecule has 0 radical (unpaired) electrons. The Hall–Kier alpha value is -3.33. The van der Waals surface area contributed by atoms with Crippen molar-refractivity contribution in [3.63, 3.8) is 0 Å². The van der Waals surface area contributed by atoms with Gasteiger partial charge in [0.2, 0.25) is 5.78 Å². The number of phenolic OH excluding ortho intramolecular Hbond substituents is 1. The molecule has 1 saturated carbocycles. The van der Waals surface area contributed by atoms with E-state index in [0.29, 0.717) is 5.56 Å². The van der Waals surface area contributed by atoms with Crippen LogP contribution in [0.2, 0.25) is 0 Å². The Balaban J connectivity index is 1.95. The highest BCUT2D eigenvalue weighted by atomic mass is 16.3. The zero-order chi connectivity index (χ0) is 22.1. The second kappa shape index (κ2) is 6.33. The van der Waals surface area contributed by atoms with Crippen LogP contribution in [0.1, 0.15) is 24.0 Å². The van der Waals surface area contributed by atoms with Gasteiger partial charge in [0.1, 0.15) is 22.8 Å². The number of phenols is 1. The van der Waals surface area contributed by atoms with Crippen LogP contribution in [0.4, 0.5) is 5.69 Å². The van der Waals surface area contributed by atoms with Crippen LogP contribution in [-0.2, 0) is 20.8 Å². The number of primary amides is 1. The highest BCUT2D eigenvalue weighted by Crippen LogP contribution is 2.52. The Morgan fingerprint density at radius 1 is 1.17 bits per heavy atom. The summed E-state index contributed by atoms with van der Waals surface area (Å²) in [5.41, 5.74) is 3.17. The lowest BCUT2D eigenvalue weighted by atomic mass is 9.59. The van der Waals surface area contributed by atoms with E-state index in [4.69, 9.17) is 5.73 Å². The quantitative estimate of drug-likeness (QED) is 0.437. The summed E-state index contributed by atoms with van der Waals surface area (Å²) in [5, 5.41) is 43.0. The summed E-state index contributed by atoms with van der Waals surface area (Å²) in [6.45, 7) is 0. The molecule has 3 atom stereocenters. The van der Waals surface area contributed by atoms with E-state index >= 15 is 0 Å². The number of carbonyl (C=O) groups is 3. The van der Waals surface area contributed by atoms with Gasteiger partial charge in [-0.1, -0.05) is 0 Å². The van der Waals surface area contributed by atoms with Gasteiger partial charge in [0.15, 0.2) is 11.4 Å². The number of fused-ring (bicyclic) bond motifs is 3. The molecule has 158 valence electrons. The number of rotatable bonds is 2. The average molecular weight is 414 g/mol. The second-order valence-corrected chi connectivity index (χ2v) is 8.26. The first-order valence-corrected chi connectivity index (χ1v) is 9.49. The Kier molecular flexibility index (Phi) is 4.21. The third-order valence-electron chi connectivity index (χ3n) is 6.40. The van der Waals surface area contributed by atoms with Crippen molar-refractivity contribution in [2.24, 2.45) is 17.6 Å². The predicted molar refractivity (Wildman–Crippen MR) is 106 cm³/mol. The maximum absolute atomic E-state index is 13.3. The minimum absolute atomic E-state index is 0.0910. The van der Waals surface area contributed by atoms with E-state index in [1.54, 1.807) is 6.07 Å². The molecular formula is C21H22N2O7. The highest BCUT2D eigenvalue weighted by Gasteiger charge is 2.60. The van der Waals surface area contributed by atoms with Gasteiger partial charge in [-0.25, -0.2) is 0 Å². The van der Waals surface area contributed by atoms with E-state index in [1.165, 1.54) is 6.07 Å². The van der Waals surface area contributed by atoms with Crippen LogP contribution in [0.3, 0.4) is 0 Å². The number of anilines is 1. The molecule has 1 aromatic rings. The third-order valence-corrected chi connectivity index (χ3v) is 6.40. The maximum Gasteiger partial charge on any atom is 0.255 e. The fraction of sp³-hybridized carbons (Fsp3) is 0.381. The van der Waals surface area contributed by atoms with Crippen molar-refractivity contribution >= 4 is 28.9 Å². The molecule has 30 heavy (non-hydrogen) atoms. The van der Waals surface area contributed by atoms with Gasteiger partial charge < -0.3 is 31.1 Å². The van der Waals surface area contributed by atoms with Gasteiger partial charge in [0, 0.05) is 37.7 Å². The van der Waals surface area contributed by atoms with Gasteiger partial charge in [0.25, 0.3) is 5.91 Å². The van der Waals surface area contributed by atoms with Crippen LogP contribution < -0.4 is 10.6 Å². The number of aromatic hydroxyl groups is 1. The lowest BCUT2D eigenvalue weighted by Gasteiger charge is -2.46. The van der Waals surface area contributed by atoms with Crippen LogP contribution in [0, 0.1) is 11.8 Å². The monoisotopic (exact) mass is 414 g/mol. The van der Waals surface area contributed by atoms with E-state index in [0.717, 1.165) is 5.69 Å². The molecule has 6 N–H and O–H groups in total. The predicted octanol–water partition coefficient (Wildman–Crippen LogP) is 0.490. The first-order valence-electron chi connectivity index (χ1n) is 9.49. The molecule has 0 spiro atoms. The summed E-state index contributed by atoms with van der Waals surface area (Å²) < 4.78 is 0. The number of amides is 1. The number of nitrogens with zero attached hydrogens (tertiary/aromatic N) is 1. The Labute approximate surface area is 171 Å². The van der Waals surface area contributed by atoms with Gasteiger partial charge in [-0.05, 0) is 36.5 Å². The summed E-state index contributed by atoms with van der Waals surface area (Å²) in [5.74, 6) is -6.25. The summed E-state index contributed by atoms with van der Waals surface area (Å²) in [6.07, 6.45) is 0.0737. The summed E-state index contributed by atoms with van der Waals surface area (Å²) in [4.78, 5) is 39.1. The van der Waals surface area contributed by atoms with E-state index in [1.807, 2.05) is 19.0 Å². The first kappa shape index (κ1) is 20.0. The van der Waals surface area contributed by atoms with Gasteiger partial charge >= 0.3 is 0 Å². The van der Waals surface area contributed by atoms with Crippen molar-refractivity contribution in [1.29, 1.82) is 0 Å². The van der Waals surface area contributed by atoms with Gasteiger partial charge in [-0.3, -0.25) is 14.4 Å². The molecule has 0 heterocycles. The van der Waals surface area contributed by atoms with Crippen molar-refractivity contribution in [1.82, 2.24) is 0 Å². The Bertz CT molecular complexity index is 1090. The standard InChI is InChI=1S/C21H22N2O7/c1-23(2)11-3-4-12(24)15-10(11)6-8-5-9-7-13(25)16(20(22)29)19(28)21(9,30)18(27)14(8)17(15)26/h3-4,8-9,24,26,28,30H,5-7H2,1-2H3,(H2,22,29)/t8?,9?,21-/m0/s1. The molecule has 3 aliphatic carbocycles. The minimum Gasteiger partial charge on any atom is -0.508 e. The fourth-order valence-corrected chi connectivity index (χ4v) is 5.02. The molecule has 0 aromatic heterocycles. The number of aliphatic hydroxyl groups excluding tert-OH is 2. The van der Waals surface area contributed by atoms with E-state index in [9.17, 15) is 34.8 Å². The molecule has 9 heteroatoms. The van der Waals surface area contributed by atoms with E-state index in [2.05, 4.69) is 0 Å². The van der Waals surface area contributed by atoms with Gasteiger partial charge in [0.05, 0.1) is 5.56 Å². The smallest absolute Gasteiger partial charge is 0.255 e. The molecule has 3 aliphatic rings. The molecule has 1 amide bonds. The molecule has 1 fully saturated rings. The Morgan fingerprint density at radius 2 is 1.83 bits per heavy atom. The summed E-state index contributed by atoms with van der Waals surface area (Å²) >= 11 is 0. The number of hydrogen-bond donors (Lipinski definition) is 5. The lowest BCUT2D eigenvalue weighted by molar-refractivity contribution is -0.147. The van der Waals surface area contributed by atoms with Crippen molar-refractivity contribution in [2.75, 3.05) is 19.0 Å². The molecule has 0 bridgehead atoms. The lowest BCUT2D eigenvalue weighted by Crippen LogP contribution is -2.58. The summed E-state index contributed by atoms with van der Waals surface area (Å²) in [7, 11) is 3.61. The maximum atomic E-state index is 13.3. The average Bonchev–Trinajstić information content (AvgIpc) is 2.64. The SMILES string of the molecule is CN(C)c1ccc(O)c2c1CC1CC3CC(=O)C(C(N)=O)=C(O)[C@@]3(O)C(=O)C1=C2O. The van der Waals surface area contributed by atoms with Crippen LogP contribution in [0.5, 0.6) is 5.75 Å². The number of benzene rings is 1. The fourth-order valence-electron chi connectivity index (χ4n) is 5.02. The number of Topliss-reactive ketones (excluding diaryl/α,β-unsaturated/α-hetero) is 2. The van der Waals surface area contributed by atoms with Crippen LogP contribution in [0.15, 0.2) is 29.0 Å². The van der Waals surface area contributed by atoms with Crippen molar-refractivity contribution < 1.29 is 34.8 Å². The number of hydrogen-bond acceptors (Lipinski definition) is 8. The van der Waals surface area contributed by atoms with E-state index in [-0.39, 0.29) is 36.1 Å². The second-order valence-electron chi connectivity index (χ2n) is 8.26. The van der Waals surface area contributed by atoms with E-state index < -0.39 is 52.0 Å². The molecule has 4 rings (SSSR count). The van der Waals surface area contributed by atoms with Crippen LogP contribution >= 0.6 is 0 Å². The number of ketones is 2. The minimum atomic E-state index is -2.54. The molecule has 2 unspecified atom stereocenters. The Morgan fingerprint density at radius 3 is 2.43 bits per heavy atom. The zero-order valence-electron chi connectivity index (χ0n) is 16.5. The number of nitrogens with two attached hydrogens (primary N) is 1. The number of aliphatic hydroxyl groups is 3. The summed E-state index contributed by atoms with van der Waals surface area (Å²) in [6, 6.07) is 3.10. The van der Waals surface area contributed by atoms with Crippen LogP contribution in [-0.4, -0.2) is 57.6 Å². The third kappa shape index (κ3) is 2.41. The molecule has 0 saturated heterocycles. The number of carbonyl (C=O) groups excluding carboxylic acids is 3. The van der Waals surface area contributed by atoms with Crippen molar-refractivity contribution in [3.05, 3.63) is 40.2 Å². The molecular weight excluding hydrogens is 392 g/mol. The first-order chi connectivity index (χ1) is 14.0. The largest absolute Gasteiger partial charge is 0.508 e. The van der Waals surface area contributed by atoms with Crippen LogP contribution in [0.25, 0.3) is 5.76 Å². The van der Waals surface area contributed by atoms with Gasteiger partial charge in [-0.2, -0.15) is 0 Å². The molecule has 9 nitrogen and oxygen atoms in total. The van der Waals surface area contributed by atoms with Crippen molar-refractivity contribution in [3.8, 4) is 5.75 Å². The zero-order valence-corrected chi connectivity index (χ0v) is 16.5. The molecule has 1 aromatic carbocycles. The normalized spacial score (nSPS) is 28.1.